The van der Waals surface area contributed by atoms with Crippen molar-refractivity contribution in [2.75, 3.05) is 0 Å². The summed E-state index contributed by atoms with van der Waals surface area (Å²) in [5, 5.41) is 17.4. The van der Waals surface area contributed by atoms with Gasteiger partial charge in [0.2, 0.25) is 0 Å². The quantitative estimate of drug-likeness (QED) is 0.797. The lowest BCUT2D eigenvalue weighted by Gasteiger charge is -2.04. The van der Waals surface area contributed by atoms with Crippen LogP contribution in [0.25, 0.3) is 0 Å². The molecule has 0 fully saturated rings. The van der Waals surface area contributed by atoms with E-state index in [0.717, 1.165) is 11.0 Å². The minimum absolute atomic E-state index is 0.0715. The molecule has 0 amide bonds. The molecule has 0 aliphatic heterocycles. The number of benzene rings is 1. The highest BCUT2D eigenvalue weighted by Crippen LogP contribution is 2.23. The van der Waals surface area contributed by atoms with E-state index in [0.29, 0.717) is 11.3 Å². The Balaban J connectivity index is 2.16. The molecule has 0 bridgehead atoms. The molecule has 0 aliphatic rings. The molecule has 18 heavy (non-hydrogen) atoms. The average molecular weight is 262 g/mol. The summed E-state index contributed by atoms with van der Waals surface area (Å²) < 4.78 is 15.6. The van der Waals surface area contributed by atoms with E-state index in [9.17, 15) is 4.39 Å². The Morgan fingerprint density at radius 3 is 2.83 bits per heavy atom. The Morgan fingerprint density at radius 1 is 1.44 bits per heavy atom. The third-order valence-corrected chi connectivity index (χ3v) is 3.68. The van der Waals surface area contributed by atoms with E-state index in [2.05, 4.69) is 10.2 Å². The first-order valence-electron chi connectivity index (χ1n) is 5.29. The number of hydrogen-bond acceptors (Lipinski definition) is 4. The number of aromatic nitrogens is 3. The molecular weight excluding hydrogens is 251 g/mol. The second-order valence-electron chi connectivity index (χ2n) is 3.77. The van der Waals surface area contributed by atoms with Crippen LogP contribution in [0.15, 0.2) is 23.4 Å². The summed E-state index contributed by atoms with van der Waals surface area (Å²) in [4.78, 5) is 0. The summed E-state index contributed by atoms with van der Waals surface area (Å²) in [7, 11) is 1.86. The first-order valence-corrected chi connectivity index (χ1v) is 6.28. The van der Waals surface area contributed by atoms with E-state index in [1.807, 2.05) is 24.6 Å². The third kappa shape index (κ3) is 2.36. The molecule has 4 nitrogen and oxygen atoms in total. The molecule has 0 saturated heterocycles. The predicted octanol–water partition coefficient (Wildman–Crippen LogP) is 2.43. The van der Waals surface area contributed by atoms with Gasteiger partial charge in [0.1, 0.15) is 17.7 Å². The van der Waals surface area contributed by atoms with Crippen LogP contribution in [0.1, 0.15) is 17.0 Å². The van der Waals surface area contributed by atoms with Gasteiger partial charge in [-0.05, 0) is 18.6 Å². The Kier molecular flexibility index (Phi) is 3.63. The van der Waals surface area contributed by atoms with E-state index in [-0.39, 0.29) is 5.56 Å². The van der Waals surface area contributed by atoms with Crippen LogP contribution >= 0.6 is 11.8 Å². The van der Waals surface area contributed by atoms with Crippen molar-refractivity contribution in [1.82, 2.24) is 14.8 Å². The molecule has 92 valence electrons. The number of thioether (sulfide) groups is 1. The Hall–Kier alpha value is -1.87. The van der Waals surface area contributed by atoms with Crippen LogP contribution in [0, 0.1) is 24.1 Å². The third-order valence-electron chi connectivity index (χ3n) is 2.61. The maximum Gasteiger partial charge on any atom is 0.191 e. The van der Waals surface area contributed by atoms with Crippen LogP contribution in [-0.4, -0.2) is 14.8 Å². The topological polar surface area (TPSA) is 54.5 Å². The first-order chi connectivity index (χ1) is 8.63. The van der Waals surface area contributed by atoms with Gasteiger partial charge in [-0.2, -0.15) is 5.26 Å². The Bertz CT molecular complexity index is 615. The fourth-order valence-electron chi connectivity index (χ4n) is 1.43. The highest BCUT2D eigenvalue weighted by Gasteiger charge is 2.10. The van der Waals surface area contributed by atoms with Gasteiger partial charge in [-0.15, -0.1) is 10.2 Å². The molecule has 2 rings (SSSR count). The van der Waals surface area contributed by atoms with Crippen LogP contribution in [0.4, 0.5) is 4.39 Å². The first kappa shape index (κ1) is 12.6. The van der Waals surface area contributed by atoms with Gasteiger partial charge in [0, 0.05) is 12.8 Å². The predicted molar refractivity (Wildman–Crippen MR) is 66.4 cm³/mol. The van der Waals surface area contributed by atoms with E-state index >= 15 is 0 Å². The smallest absolute Gasteiger partial charge is 0.191 e. The minimum Gasteiger partial charge on any atom is -0.309 e. The van der Waals surface area contributed by atoms with Gasteiger partial charge >= 0.3 is 0 Å². The molecule has 2 aromatic rings. The van der Waals surface area contributed by atoms with Crippen molar-refractivity contribution in [1.29, 1.82) is 5.26 Å². The molecule has 0 aliphatic carbocycles. The SMILES string of the molecule is Cc1nnc(SCc2cccc(C#N)c2F)n1C. The molecule has 0 atom stereocenters. The molecular formula is C12H11FN4S. The zero-order valence-electron chi connectivity index (χ0n) is 10.0. The molecule has 1 aromatic heterocycles. The lowest BCUT2D eigenvalue weighted by atomic mass is 10.1. The Labute approximate surface area is 108 Å². The summed E-state index contributed by atoms with van der Waals surface area (Å²) in [6.45, 7) is 1.86. The second kappa shape index (κ2) is 5.19. The van der Waals surface area contributed by atoms with Crippen LogP contribution in [0.5, 0.6) is 0 Å². The summed E-state index contributed by atoms with van der Waals surface area (Å²) in [6.07, 6.45) is 0. The zero-order chi connectivity index (χ0) is 13.1. The van der Waals surface area contributed by atoms with Crippen molar-refractivity contribution in [2.45, 2.75) is 17.8 Å². The summed E-state index contributed by atoms with van der Waals surface area (Å²) in [5.74, 6) is 0.781. The molecule has 0 radical (unpaired) electrons. The van der Waals surface area contributed by atoms with Crippen molar-refractivity contribution in [3.05, 3.63) is 41.0 Å². The fourth-order valence-corrected chi connectivity index (χ4v) is 2.37. The van der Waals surface area contributed by atoms with E-state index < -0.39 is 5.82 Å². The van der Waals surface area contributed by atoms with E-state index in [1.165, 1.54) is 17.8 Å². The van der Waals surface area contributed by atoms with Gasteiger partial charge in [-0.3, -0.25) is 0 Å². The van der Waals surface area contributed by atoms with E-state index in [1.54, 1.807) is 12.1 Å². The Morgan fingerprint density at radius 2 is 2.22 bits per heavy atom. The highest BCUT2D eigenvalue weighted by atomic mass is 32.2. The molecule has 0 spiro atoms. The number of nitrogens with zero attached hydrogens (tertiary/aromatic N) is 4. The maximum atomic E-state index is 13.8. The van der Waals surface area contributed by atoms with Crippen molar-refractivity contribution in [3.8, 4) is 6.07 Å². The number of nitriles is 1. The monoisotopic (exact) mass is 262 g/mol. The lowest BCUT2D eigenvalue weighted by molar-refractivity contribution is 0.613. The van der Waals surface area contributed by atoms with Gasteiger partial charge in [-0.25, -0.2) is 4.39 Å². The van der Waals surface area contributed by atoms with E-state index in [4.69, 9.17) is 5.26 Å². The molecule has 1 heterocycles. The number of hydrogen-bond donors (Lipinski definition) is 0. The number of rotatable bonds is 3. The fraction of sp³-hybridized carbons (Fsp3) is 0.250. The zero-order valence-corrected chi connectivity index (χ0v) is 10.8. The van der Waals surface area contributed by atoms with Gasteiger partial charge < -0.3 is 4.57 Å². The van der Waals surface area contributed by atoms with Gasteiger partial charge in [-0.1, -0.05) is 23.9 Å². The molecule has 0 saturated carbocycles. The maximum absolute atomic E-state index is 13.8. The normalized spacial score (nSPS) is 10.3. The van der Waals surface area contributed by atoms with Crippen molar-refractivity contribution < 1.29 is 4.39 Å². The van der Waals surface area contributed by atoms with Crippen molar-refractivity contribution in [3.63, 3.8) is 0 Å². The standard InChI is InChI=1S/C12H11FN4S/c1-8-15-16-12(17(8)2)18-7-10-5-3-4-9(6-14)11(10)13/h3-5H,7H2,1-2H3. The number of aryl methyl sites for hydroxylation is 1. The van der Waals surface area contributed by atoms with Crippen LogP contribution in [0.3, 0.4) is 0 Å². The second-order valence-corrected chi connectivity index (χ2v) is 4.71. The molecule has 0 unspecified atom stereocenters. The molecule has 1 aromatic carbocycles. The number of halogens is 1. The molecule has 6 heteroatoms. The van der Waals surface area contributed by atoms with Crippen LogP contribution < -0.4 is 0 Å². The summed E-state index contributed by atoms with van der Waals surface area (Å²) in [5.41, 5.74) is 0.571. The molecule has 0 N–H and O–H groups in total. The average Bonchev–Trinajstić information content (AvgIpc) is 2.69. The van der Waals surface area contributed by atoms with Crippen molar-refractivity contribution >= 4 is 11.8 Å². The lowest BCUT2D eigenvalue weighted by Crippen LogP contribution is -1.96. The largest absolute Gasteiger partial charge is 0.309 e. The van der Waals surface area contributed by atoms with Gasteiger partial charge in [0.15, 0.2) is 5.16 Å². The minimum atomic E-state index is -0.452. The van der Waals surface area contributed by atoms with Crippen molar-refractivity contribution in [2.24, 2.45) is 7.05 Å². The van der Waals surface area contributed by atoms with Crippen LogP contribution in [0.2, 0.25) is 0 Å². The summed E-state index contributed by atoms with van der Waals surface area (Å²) in [6, 6.07) is 6.65. The van der Waals surface area contributed by atoms with Crippen LogP contribution in [-0.2, 0) is 12.8 Å². The van der Waals surface area contributed by atoms with Gasteiger partial charge in [0.25, 0.3) is 0 Å². The van der Waals surface area contributed by atoms with Gasteiger partial charge in [0.05, 0.1) is 5.56 Å². The highest BCUT2D eigenvalue weighted by molar-refractivity contribution is 7.98. The summed E-state index contributed by atoms with van der Waals surface area (Å²) >= 11 is 1.39.